The Morgan fingerprint density at radius 3 is 2.59 bits per heavy atom. The summed E-state index contributed by atoms with van der Waals surface area (Å²) in [5.41, 5.74) is 1.66. The third-order valence-electron chi connectivity index (χ3n) is 4.61. The minimum Gasteiger partial charge on any atom is -0.378 e. The first-order valence-electron chi connectivity index (χ1n) is 10.2. The molecule has 32 heavy (non-hydrogen) atoms. The number of benzene rings is 2. The van der Waals surface area contributed by atoms with E-state index in [4.69, 9.17) is 4.74 Å². The van der Waals surface area contributed by atoms with Crippen LogP contribution in [0.25, 0.3) is 0 Å². The molecular formula is C22H24N6O2S2. The van der Waals surface area contributed by atoms with Gasteiger partial charge in [0, 0.05) is 29.4 Å². The van der Waals surface area contributed by atoms with Crippen molar-refractivity contribution in [3.8, 4) is 0 Å². The summed E-state index contributed by atoms with van der Waals surface area (Å²) in [6, 6.07) is 17.5. The second-order valence-corrected chi connectivity index (χ2v) is 8.72. The van der Waals surface area contributed by atoms with E-state index < -0.39 is 0 Å². The van der Waals surface area contributed by atoms with Gasteiger partial charge in [-0.2, -0.15) is 15.0 Å². The first-order chi connectivity index (χ1) is 15.7. The number of thioether (sulfide) groups is 2. The van der Waals surface area contributed by atoms with Gasteiger partial charge in [-0.1, -0.05) is 36.0 Å². The van der Waals surface area contributed by atoms with Gasteiger partial charge in [-0.3, -0.25) is 4.79 Å². The zero-order chi connectivity index (χ0) is 22.2. The van der Waals surface area contributed by atoms with Gasteiger partial charge in [0.05, 0.1) is 19.0 Å². The molecule has 2 heterocycles. The van der Waals surface area contributed by atoms with Crippen LogP contribution in [0.3, 0.4) is 0 Å². The van der Waals surface area contributed by atoms with Crippen molar-refractivity contribution >= 4 is 52.7 Å². The molecule has 0 spiro atoms. The maximum atomic E-state index is 12.5. The lowest BCUT2D eigenvalue weighted by molar-refractivity contribution is -0.113. The van der Waals surface area contributed by atoms with Crippen molar-refractivity contribution in [2.45, 2.75) is 10.1 Å². The lowest BCUT2D eigenvalue weighted by Gasteiger charge is -2.27. The molecule has 166 valence electrons. The predicted molar refractivity (Wildman–Crippen MR) is 130 cm³/mol. The van der Waals surface area contributed by atoms with Crippen molar-refractivity contribution < 1.29 is 9.53 Å². The molecule has 0 atom stereocenters. The summed E-state index contributed by atoms with van der Waals surface area (Å²) >= 11 is 2.92. The van der Waals surface area contributed by atoms with Crippen LogP contribution in [-0.4, -0.2) is 59.2 Å². The van der Waals surface area contributed by atoms with E-state index in [2.05, 4.69) is 30.5 Å². The third-order valence-corrected chi connectivity index (χ3v) is 6.19. The molecule has 2 aromatic carbocycles. The van der Waals surface area contributed by atoms with E-state index in [0.717, 1.165) is 16.3 Å². The number of hydrogen-bond donors (Lipinski definition) is 2. The number of rotatable bonds is 8. The zero-order valence-corrected chi connectivity index (χ0v) is 19.3. The fraction of sp³-hybridized carbons (Fsp3) is 0.273. The average Bonchev–Trinajstić information content (AvgIpc) is 2.84. The molecule has 0 unspecified atom stereocenters. The quantitative estimate of drug-likeness (QED) is 0.477. The zero-order valence-electron chi connectivity index (χ0n) is 17.7. The molecule has 0 saturated carbocycles. The summed E-state index contributed by atoms with van der Waals surface area (Å²) in [7, 11) is 0. The van der Waals surface area contributed by atoms with Crippen molar-refractivity contribution in [2.75, 3.05) is 53.8 Å². The molecule has 1 saturated heterocycles. The molecule has 3 aromatic rings. The highest BCUT2D eigenvalue weighted by Gasteiger charge is 2.17. The molecule has 0 aliphatic carbocycles. The lowest BCUT2D eigenvalue weighted by atomic mass is 10.3. The number of anilines is 4. The number of aromatic nitrogens is 3. The average molecular weight is 469 g/mol. The number of morpholine rings is 1. The third kappa shape index (κ3) is 6.35. The molecule has 1 fully saturated rings. The Kier molecular flexibility index (Phi) is 7.81. The van der Waals surface area contributed by atoms with Crippen LogP contribution in [0.1, 0.15) is 0 Å². The number of carbonyl (C=O) groups is 1. The van der Waals surface area contributed by atoms with Gasteiger partial charge in [0.2, 0.25) is 17.8 Å². The number of hydrogen-bond acceptors (Lipinski definition) is 9. The first-order valence-corrected chi connectivity index (χ1v) is 12.4. The maximum Gasteiger partial charge on any atom is 0.234 e. The Balaban J connectivity index is 1.47. The standard InChI is InChI=1S/C22H24N6O2S2/c1-31-18-9-5-8-17(14-18)23-19(29)15-32-22-26-20(24-16-6-3-2-4-7-16)25-21(27-22)28-10-12-30-13-11-28/h2-9,14H,10-13,15H2,1H3,(H,23,29)(H,24,25,26,27). The smallest absolute Gasteiger partial charge is 0.234 e. The van der Waals surface area contributed by atoms with Crippen LogP contribution in [0.15, 0.2) is 64.6 Å². The monoisotopic (exact) mass is 468 g/mol. The van der Waals surface area contributed by atoms with Gasteiger partial charge >= 0.3 is 0 Å². The lowest BCUT2D eigenvalue weighted by Crippen LogP contribution is -2.37. The van der Waals surface area contributed by atoms with Crippen LogP contribution in [-0.2, 0) is 9.53 Å². The Labute approximate surface area is 195 Å². The molecule has 1 amide bonds. The summed E-state index contributed by atoms with van der Waals surface area (Å²) < 4.78 is 5.44. The number of nitrogens with one attached hydrogen (secondary N) is 2. The van der Waals surface area contributed by atoms with E-state index in [-0.39, 0.29) is 11.7 Å². The Hall–Kier alpha value is -2.82. The number of ether oxygens (including phenoxy) is 1. The number of para-hydroxylation sites is 1. The fourth-order valence-corrected chi connectivity index (χ4v) is 4.14. The molecule has 4 rings (SSSR count). The minimum absolute atomic E-state index is 0.112. The molecule has 0 radical (unpaired) electrons. The molecule has 1 aliphatic rings. The molecule has 1 aromatic heterocycles. The molecule has 8 nitrogen and oxygen atoms in total. The van der Waals surface area contributed by atoms with E-state index in [1.165, 1.54) is 11.8 Å². The summed E-state index contributed by atoms with van der Waals surface area (Å²) in [6.45, 7) is 2.69. The summed E-state index contributed by atoms with van der Waals surface area (Å²) in [5, 5.41) is 6.65. The second kappa shape index (κ2) is 11.2. The molecule has 2 N–H and O–H groups in total. The summed E-state index contributed by atoms with van der Waals surface area (Å²) in [4.78, 5) is 29.4. The van der Waals surface area contributed by atoms with Crippen LogP contribution < -0.4 is 15.5 Å². The van der Waals surface area contributed by atoms with Crippen LogP contribution in [0.2, 0.25) is 0 Å². The van der Waals surface area contributed by atoms with Crippen molar-refractivity contribution in [1.29, 1.82) is 0 Å². The van der Waals surface area contributed by atoms with Crippen LogP contribution in [0, 0.1) is 0 Å². The Morgan fingerprint density at radius 2 is 1.81 bits per heavy atom. The number of nitrogens with zero attached hydrogens (tertiary/aromatic N) is 4. The topological polar surface area (TPSA) is 92.3 Å². The summed E-state index contributed by atoms with van der Waals surface area (Å²) in [5.74, 6) is 1.11. The van der Waals surface area contributed by atoms with Crippen molar-refractivity contribution in [3.63, 3.8) is 0 Å². The van der Waals surface area contributed by atoms with Gasteiger partial charge < -0.3 is 20.3 Å². The highest BCUT2D eigenvalue weighted by atomic mass is 32.2. The highest BCUT2D eigenvalue weighted by molar-refractivity contribution is 7.99. The van der Waals surface area contributed by atoms with Gasteiger partial charge in [0.25, 0.3) is 0 Å². The molecule has 1 aliphatic heterocycles. The van der Waals surface area contributed by atoms with Gasteiger partial charge in [-0.15, -0.1) is 11.8 Å². The van der Waals surface area contributed by atoms with Gasteiger partial charge in [-0.05, 0) is 36.6 Å². The van der Waals surface area contributed by atoms with Crippen molar-refractivity contribution in [1.82, 2.24) is 15.0 Å². The second-order valence-electron chi connectivity index (χ2n) is 6.90. The molecule has 10 heteroatoms. The fourth-order valence-electron chi connectivity index (χ4n) is 3.05. The minimum atomic E-state index is -0.112. The Morgan fingerprint density at radius 1 is 1.03 bits per heavy atom. The van der Waals surface area contributed by atoms with E-state index >= 15 is 0 Å². The largest absolute Gasteiger partial charge is 0.378 e. The van der Waals surface area contributed by atoms with E-state index in [9.17, 15) is 4.79 Å². The SMILES string of the molecule is CSc1cccc(NC(=O)CSc2nc(Nc3ccccc3)nc(N3CCOCC3)n2)c1. The number of amides is 1. The van der Waals surface area contributed by atoms with Crippen LogP contribution >= 0.6 is 23.5 Å². The van der Waals surface area contributed by atoms with Crippen LogP contribution in [0.5, 0.6) is 0 Å². The van der Waals surface area contributed by atoms with Gasteiger partial charge in [-0.25, -0.2) is 0 Å². The van der Waals surface area contributed by atoms with Gasteiger partial charge in [0.1, 0.15) is 0 Å². The van der Waals surface area contributed by atoms with Gasteiger partial charge in [0.15, 0.2) is 5.16 Å². The first kappa shape index (κ1) is 22.4. The Bertz CT molecular complexity index is 1050. The molecule has 0 bridgehead atoms. The van der Waals surface area contributed by atoms with E-state index in [0.29, 0.717) is 43.4 Å². The van der Waals surface area contributed by atoms with Crippen LogP contribution in [0.4, 0.5) is 23.3 Å². The highest BCUT2D eigenvalue weighted by Crippen LogP contribution is 2.23. The normalized spacial score (nSPS) is 13.6. The van der Waals surface area contributed by atoms with Crippen molar-refractivity contribution in [3.05, 3.63) is 54.6 Å². The van der Waals surface area contributed by atoms with E-state index in [1.807, 2.05) is 60.9 Å². The summed E-state index contributed by atoms with van der Waals surface area (Å²) in [6.07, 6.45) is 2.00. The van der Waals surface area contributed by atoms with E-state index in [1.54, 1.807) is 11.8 Å². The molecular weight excluding hydrogens is 444 g/mol. The predicted octanol–water partition coefficient (Wildman–Crippen LogP) is 3.90. The van der Waals surface area contributed by atoms with Crippen molar-refractivity contribution in [2.24, 2.45) is 0 Å². The maximum absolute atomic E-state index is 12.5. The number of carbonyl (C=O) groups excluding carboxylic acids is 1.